The highest BCUT2D eigenvalue weighted by Crippen LogP contribution is 2.16. The van der Waals surface area contributed by atoms with E-state index in [0.29, 0.717) is 6.61 Å². The highest BCUT2D eigenvalue weighted by atomic mass is 16.5. The van der Waals surface area contributed by atoms with Gasteiger partial charge in [0.1, 0.15) is 5.75 Å². The molecular weight excluding hydrogens is 274 g/mol. The van der Waals surface area contributed by atoms with Crippen molar-refractivity contribution in [2.24, 2.45) is 5.92 Å². The van der Waals surface area contributed by atoms with E-state index in [9.17, 15) is 0 Å². The Kier molecular flexibility index (Phi) is 8.36. The van der Waals surface area contributed by atoms with Crippen molar-refractivity contribution >= 4 is 0 Å². The van der Waals surface area contributed by atoms with Gasteiger partial charge in [0.05, 0.1) is 13.2 Å². The van der Waals surface area contributed by atoms with Crippen LogP contribution >= 0.6 is 0 Å². The summed E-state index contributed by atoms with van der Waals surface area (Å²) in [7, 11) is 0. The summed E-state index contributed by atoms with van der Waals surface area (Å²) in [6, 6.07) is 8.35. The van der Waals surface area contributed by atoms with Gasteiger partial charge in [0.25, 0.3) is 0 Å². The van der Waals surface area contributed by atoms with E-state index in [-0.39, 0.29) is 0 Å². The molecule has 0 saturated carbocycles. The van der Waals surface area contributed by atoms with Gasteiger partial charge in [0.2, 0.25) is 0 Å². The van der Waals surface area contributed by atoms with Gasteiger partial charge < -0.3 is 14.8 Å². The summed E-state index contributed by atoms with van der Waals surface area (Å²) >= 11 is 0. The molecule has 0 amide bonds. The molecule has 0 aromatic heterocycles. The normalized spacial score (nSPS) is 15.9. The predicted molar refractivity (Wildman–Crippen MR) is 91.3 cm³/mol. The zero-order valence-electron chi connectivity index (χ0n) is 14.0. The molecule has 124 valence electrons. The van der Waals surface area contributed by atoms with Crippen LogP contribution in [0.4, 0.5) is 0 Å². The van der Waals surface area contributed by atoms with Crippen LogP contribution < -0.4 is 10.1 Å². The van der Waals surface area contributed by atoms with Crippen molar-refractivity contribution < 1.29 is 9.47 Å². The topological polar surface area (TPSA) is 30.5 Å². The van der Waals surface area contributed by atoms with Crippen LogP contribution in [0.15, 0.2) is 24.3 Å². The molecule has 22 heavy (non-hydrogen) atoms. The number of benzene rings is 1. The molecule has 0 spiro atoms. The lowest BCUT2D eigenvalue weighted by Crippen LogP contribution is -2.29. The lowest BCUT2D eigenvalue weighted by molar-refractivity contribution is 0.0763. The smallest absolute Gasteiger partial charge is 0.119 e. The standard InChI is InChI=1S/C19H31NO2/c1-2-3-4-5-14-22-19-8-6-17(7-9-19)15-21-16-18-10-12-20-13-11-18/h6-9,18,20H,2-5,10-16H2,1H3. The van der Waals surface area contributed by atoms with Crippen LogP contribution in [0.25, 0.3) is 0 Å². The van der Waals surface area contributed by atoms with Gasteiger partial charge in [-0.05, 0) is 56.0 Å². The van der Waals surface area contributed by atoms with Crippen LogP contribution in [0.3, 0.4) is 0 Å². The lowest BCUT2D eigenvalue weighted by atomic mass is 9.99. The van der Waals surface area contributed by atoms with Gasteiger partial charge in [-0.15, -0.1) is 0 Å². The first-order chi connectivity index (χ1) is 10.9. The molecule has 1 saturated heterocycles. The minimum absolute atomic E-state index is 0.709. The third kappa shape index (κ3) is 6.80. The Labute approximate surface area is 135 Å². The van der Waals surface area contributed by atoms with Crippen molar-refractivity contribution in [3.05, 3.63) is 29.8 Å². The summed E-state index contributed by atoms with van der Waals surface area (Å²) in [4.78, 5) is 0. The lowest BCUT2D eigenvalue weighted by Gasteiger charge is -2.22. The second-order valence-corrected chi connectivity index (χ2v) is 6.26. The maximum atomic E-state index is 5.86. The Morgan fingerprint density at radius 2 is 1.82 bits per heavy atom. The van der Waals surface area contributed by atoms with Crippen molar-refractivity contribution in [2.45, 2.75) is 52.1 Å². The summed E-state index contributed by atoms with van der Waals surface area (Å²) in [6.45, 7) is 6.92. The van der Waals surface area contributed by atoms with Crippen LogP contribution in [0, 0.1) is 5.92 Å². The first-order valence-electron chi connectivity index (χ1n) is 8.88. The molecule has 0 atom stereocenters. The first kappa shape index (κ1) is 17.3. The highest BCUT2D eigenvalue weighted by molar-refractivity contribution is 5.26. The Morgan fingerprint density at radius 1 is 1.05 bits per heavy atom. The first-order valence-corrected chi connectivity index (χ1v) is 8.88. The monoisotopic (exact) mass is 305 g/mol. The number of rotatable bonds is 10. The van der Waals surface area contributed by atoms with E-state index in [1.54, 1.807) is 0 Å². The second kappa shape index (κ2) is 10.6. The fourth-order valence-corrected chi connectivity index (χ4v) is 2.79. The third-order valence-electron chi connectivity index (χ3n) is 4.27. The molecule has 1 fully saturated rings. The molecule has 3 nitrogen and oxygen atoms in total. The molecule has 1 N–H and O–H groups in total. The van der Waals surface area contributed by atoms with Crippen molar-refractivity contribution in [3.8, 4) is 5.75 Å². The van der Waals surface area contributed by atoms with Gasteiger partial charge >= 0.3 is 0 Å². The molecule has 1 aromatic rings. The highest BCUT2D eigenvalue weighted by Gasteiger charge is 2.12. The van der Waals surface area contributed by atoms with E-state index in [2.05, 4.69) is 36.5 Å². The van der Waals surface area contributed by atoms with Crippen LogP contribution in [0.2, 0.25) is 0 Å². The molecule has 1 aliphatic heterocycles. The number of hydrogen-bond acceptors (Lipinski definition) is 3. The van der Waals surface area contributed by atoms with E-state index >= 15 is 0 Å². The van der Waals surface area contributed by atoms with E-state index in [1.165, 1.54) is 37.7 Å². The van der Waals surface area contributed by atoms with Gasteiger partial charge in [0, 0.05) is 6.61 Å². The largest absolute Gasteiger partial charge is 0.494 e. The third-order valence-corrected chi connectivity index (χ3v) is 4.27. The number of piperidine rings is 1. The van der Waals surface area contributed by atoms with Crippen LogP contribution in [-0.4, -0.2) is 26.3 Å². The molecule has 0 aliphatic carbocycles. The molecule has 0 bridgehead atoms. The Balaban J connectivity index is 1.59. The van der Waals surface area contributed by atoms with Crippen LogP contribution in [0.1, 0.15) is 51.0 Å². The molecule has 0 radical (unpaired) electrons. The maximum absolute atomic E-state index is 5.86. The Morgan fingerprint density at radius 3 is 2.55 bits per heavy atom. The summed E-state index contributed by atoms with van der Waals surface area (Å²) in [5.41, 5.74) is 1.23. The quantitative estimate of drug-likeness (QED) is 0.658. The van der Waals surface area contributed by atoms with Crippen molar-refractivity contribution in [3.63, 3.8) is 0 Å². The number of unbranched alkanes of at least 4 members (excludes halogenated alkanes) is 3. The van der Waals surface area contributed by atoms with Crippen molar-refractivity contribution in [1.29, 1.82) is 0 Å². The van der Waals surface area contributed by atoms with Gasteiger partial charge in [-0.1, -0.05) is 38.3 Å². The fourth-order valence-electron chi connectivity index (χ4n) is 2.79. The summed E-state index contributed by atoms with van der Waals surface area (Å²) in [6.07, 6.45) is 7.46. The molecule has 1 aromatic carbocycles. The summed E-state index contributed by atoms with van der Waals surface area (Å²) < 4.78 is 11.6. The number of ether oxygens (including phenoxy) is 2. The van der Waals surface area contributed by atoms with Gasteiger partial charge in [-0.3, -0.25) is 0 Å². The van der Waals surface area contributed by atoms with Gasteiger partial charge in [0.15, 0.2) is 0 Å². The van der Waals surface area contributed by atoms with E-state index in [4.69, 9.17) is 9.47 Å². The van der Waals surface area contributed by atoms with Gasteiger partial charge in [-0.2, -0.15) is 0 Å². The second-order valence-electron chi connectivity index (χ2n) is 6.26. The minimum Gasteiger partial charge on any atom is -0.494 e. The van der Waals surface area contributed by atoms with Crippen LogP contribution in [0.5, 0.6) is 5.75 Å². The van der Waals surface area contributed by atoms with E-state index in [0.717, 1.165) is 44.4 Å². The minimum atomic E-state index is 0.709. The average molecular weight is 305 g/mol. The molecular formula is C19H31NO2. The number of nitrogens with one attached hydrogen (secondary N) is 1. The van der Waals surface area contributed by atoms with Crippen LogP contribution in [-0.2, 0) is 11.3 Å². The van der Waals surface area contributed by atoms with Gasteiger partial charge in [-0.25, -0.2) is 0 Å². The fraction of sp³-hybridized carbons (Fsp3) is 0.684. The molecule has 3 heteroatoms. The summed E-state index contributed by atoms with van der Waals surface area (Å²) in [5, 5.41) is 3.39. The molecule has 2 rings (SSSR count). The molecule has 1 heterocycles. The van der Waals surface area contributed by atoms with Crippen molar-refractivity contribution in [1.82, 2.24) is 5.32 Å². The number of hydrogen-bond donors (Lipinski definition) is 1. The predicted octanol–water partition coefficient (Wildman–Crippen LogP) is 4.16. The molecule has 1 aliphatic rings. The zero-order valence-corrected chi connectivity index (χ0v) is 14.0. The Hall–Kier alpha value is -1.06. The maximum Gasteiger partial charge on any atom is 0.119 e. The van der Waals surface area contributed by atoms with E-state index in [1.807, 2.05) is 0 Å². The zero-order chi connectivity index (χ0) is 15.5. The summed E-state index contributed by atoms with van der Waals surface area (Å²) in [5.74, 6) is 1.70. The Bertz CT molecular complexity index is 385. The average Bonchev–Trinajstić information content (AvgIpc) is 2.57. The SMILES string of the molecule is CCCCCCOc1ccc(COCC2CCNCC2)cc1. The molecule has 0 unspecified atom stereocenters. The van der Waals surface area contributed by atoms with E-state index < -0.39 is 0 Å². The van der Waals surface area contributed by atoms with Crippen molar-refractivity contribution in [2.75, 3.05) is 26.3 Å².